The molecule has 0 amide bonds. The van der Waals surface area contributed by atoms with Gasteiger partial charge in [-0.3, -0.25) is 0 Å². The van der Waals surface area contributed by atoms with Gasteiger partial charge in [-0.1, -0.05) is 30.4 Å². The highest BCUT2D eigenvalue weighted by atomic mass is 31.0. The summed E-state index contributed by atoms with van der Waals surface area (Å²) in [6, 6.07) is 0. The minimum atomic E-state index is -0.341. The zero-order chi connectivity index (χ0) is 9.61. The summed E-state index contributed by atoms with van der Waals surface area (Å²) in [5, 5.41) is -0.341. The van der Waals surface area contributed by atoms with Crippen molar-refractivity contribution in [2.45, 2.75) is 26.1 Å². The summed E-state index contributed by atoms with van der Waals surface area (Å²) < 4.78 is 0. The average molecular weight is 183 g/mol. The molecule has 0 bridgehead atoms. The first-order chi connectivity index (χ1) is 5.52. The molecule has 2 heteroatoms. The molecule has 0 saturated heterocycles. The Bertz CT molecular complexity index is 206. The number of hydrogen-bond acceptors (Lipinski definition) is 1. The van der Waals surface area contributed by atoms with Gasteiger partial charge >= 0.3 is 0 Å². The van der Waals surface area contributed by atoms with E-state index in [-0.39, 0.29) is 5.28 Å². The van der Waals surface area contributed by atoms with Crippen LogP contribution in [0.5, 0.6) is 0 Å². The average Bonchev–Trinajstić information content (AvgIpc) is 1.95. The monoisotopic (exact) mass is 183 g/mol. The molecule has 0 aromatic rings. The number of allylic oxidation sites excluding steroid dienone is 4. The molecule has 68 valence electrons. The number of nitrogens with two attached hydrogens (primary N) is 1. The first kappa shape index (κ1) is 11.6. The van der Waals surface area contributed by atoms with Crippen LogP contribution in [0.15, 0.2) is 36.0 Å². The van der Waals surface area contributed by atoms with E-state index in [1.807, 2.05) is 51.2 Å². The van der Waals surface area contributed by atoms with Crippen molar-refractivity contribution >= 4 is 9.24 Å². The first-order valence-corrected chi connectivity index (χ1v) is 4.64. The summed E-state index contributed by atoms with van der Waals surface area (Å²) in [6.07, 6.45) is 10.0. The Balaban J connectivity index is 4.67. The molecule has 12 heavy (non-hydrogen) atoms. The van der Waals surface area contributed by atoms with Crippen LogP contribution in [0.4, 0.5) is 0 Å². The largest absolute Gasteiger partial charge is 0.319 e. The minimum absolute atomic E-state index is 0.341. The third-order valence-corrected chi connectivity index (χ3v) is 1.77. The van der Waals surface area contributed by atoms with Gasteiger partial charge in [-0.15, -0.1) is 9.24 Å². The molecule has 0 aromatic carbocycles. The van der Waals surface area contributed by atoms with Gasteiger partial charge in [-0.05, 0) is 26.3 Å². The van der Waals surface area contributed by atoms with Crippen molar-refractivity contribution < 1.29 is 0 Å². The van der Waals surface area contributed by atoms with Crippen LogP contribution in [-0.4, -0.2) is 5.28 Å². The lowest BCUT2D eigenvalue weighted by Crippen LogP contribution is -2.29. The van der Waals surface area contributed by atoms with Gasteiger partial charge < -0.3 is 5.73 Å². The molecule has 0 rings (SSSR count). The SMILES string of the molecule is C\C=C/C=C(/C=C\C)C(C)(N)P. The van der Waals surface area contributed by atoms with Crippen molar-refractivity contribution in [3.8, 4) is 0 Å². The third kappa shape index (κ3) is 4.48. The lowest BCUT2D eigenvalue weighted by Gasteiger charge is -2.19. The van der Waals surface area contributed by atoms with Gasteiger partial charge in [0.1, 0.15) is 0 Å². The van der Waals surface area contributed by atoms with Crippen LogP contribution >= 0.6 is 9.24 Å². The van der Waals surface area contributed by atoms with Crippen molar-refractivity contribution in [3.05, 3.63) is 36.0 Å². The van der Waals surface area contributed by atoms with E-state index < -0.39 is 0 Å². The van der Waals surface area contributed by atoms with Gasteiger partial charge in [-0.25, -0.2) is 0 Å². The molecule has 2 atom stereocenters. The zero-order valence-corrected chi connectivity index (χ0v) is 9.20. The molecular formula is C10H18NP. The Morgan fingerprint density at radius 2 is 1.92 bits per heavy atom. The first-order valence-electron chi connectivity index (χ1n) is 4.06. The summed E-state index contributed by atoms with van der Waals surface area (Å²) in [6.45, 7) is 5.94. The number of hydrogen-bond donors (Lipinski definition) is 1. The van der Waals surface area contributed by atoms with E-state index in [1.165, 1.54) is 0 Å². The topological polar surface area (TPSA) is 26.0 Å². The van der Waals surface area contributed by atoms with Crippen LogP contribution in [-0.2, 0) is 0 Å². The highest BCUT2D eigenvalue weighted by Gasteiger charge is 2.13. The van der Waals surface area contributed by atoms with Gasteiger partial charge in [-0.2, -0.15) is 0 Å². The quantitative estimate of drug-likeness (QED) is 0.528. The van der Waals surface area contributed by atoms with Crippen LogP contribution in [0.2, 0.25) is 0 Å². The molecule has 0 spiro atoms. The molecule has 0 fully saturated rings. The second kappa shape index (κ2) is 5.29. The molecule has 0 saturated carbocycles. The highest BCUT2D eigenvalue weighted by Crippen LogP contribution is 2.21. The Hall–Kier alpha value is -0.390. The van der Waals surface area contributed by atoms with E-state index in [2.05, 4.69) is 9.24 Å². The maximum Gasteiger partial charge on any atom is 0.0522 e. The standard InChI is InChI=1S/C10H18NP/c1-4-6-8-9(7-5-2)10(3,11)12/h4-8H,11-12H2,1-3H3/b6-4-,7-5-,9-8-. The van der Waals surface area contributed by atoms with Crippen molar-refractivity contribution in [3.63, 3.8) is 0 Å². The molecule has 2 unspecified atom stereocenters. The van der Waals surface area contributed by atoms with Crippen LogP contribution in [0.1, 0.15) is 20.8 Å². The van der Waals surface area contributed by atoms with Crippen LogP contribution in [0, 0.1) is 0 Å². The van der Waals surface area contributed by atoms with Gasteiger partial charge in [0.05, 0.1) is 5.28 Å². The van der Waals surface area contributed by atoms with E-state index in [9.17, 15) is 0 Å². The normalized spacial score (nSPS) is 18.9. The predicted octanol–water partition coefficient (Wildman–Crippen LogP) is 2.62. The second-order valence-corrected chi connectivity index (χ2v) is 4.13. The van der Waals surface area contributed by atoms with Crippen molar-refractivity contribution in [1.29, 1.82) is 0 Å². The molecule has 1 nitrogen and oxygen atoms in total. The molecule has 2 N–H and O–H groups in total. The second-order valence-electron chi connectivity index (χ2n) is 2.93. The Morgan fingerprint density at radius 3 is 2.25 bits per heavy atom. The van der Waals surface area contributed by atoms with Gasteiger partial charge in [0.2, 0.25) is 0 Å². The van der Waals surface area contributed by atoms with Crippen LogP contribution in [0.25, 0.3) is 0 Å². The van der Waals surface area contributed by atoms with Gasteiger partial charge in [0.25, 0.3) is 0 Å². The summed E-state index contributed by atoms with van der Waals surface area (Å²) in [7, 11) is 2.62. The summed E-state index contributed by atoms with van der Waals surface area (Å²) in [5.41, 5.74) is 7.02. The summed E-state index contributed by atoms with van der Waals surface area (Å²) in [5.74, 6) is 0. The van der Waals surface area contributed by atoms with Crippen LogP contribution in [0.3, 0.4) is 0 Å². The maximum absolute atomic E-state index is 5.92. The maximum atomic E-state index is 5.92. The fourth-order valence-electron chi connectivity index (χ4n) is 0.794. The molecule has 0 aliphatic carbocycles. The van der Waals surface area contributed by atoms with Crippen molar-refractivity contribution in [2.75, 3.05) is 0 Å². The van der Waals surface area contributed by atoms with E-state index in [0.717, 1.165) is 5.57 Å². The number of rotatable bonds is 3. The van der Waals surface area contributed by atoms with Crippen LogP contribution < -0.4 is 5.73 Å². The highest BCUT2D eigenvalue weighted by molar-refractivity contribution is 7.19. The molecule has 0 heterocycles. The third-order valence-electron chi connectivity index (χ3n) is 1.44. The Morgan fingerprint density at radius 1 is 1.33 bits per heavy atom. The fourth-order valence-corrected chi connectivity index (χ4v) is 0.987. The van der Waals surface area contributed by atoms with E-state index in [4.69, 9.17) is 5.73 Å². The lowest BCUT2D eigenvalue weighted by molar-refractivity contribution is 0.810. The fraction of sp³-hybridized carbons (Fsp3) is 0.400. The molecule has 0 aliphatic heterocycles. The van der Waals surface area contributed by atoms with Crippen molar-refractivity contribution in [2.24, 2.45) is 5.73 Å². The molecule has 0 aliphatic rings. The minimum Gasteiger partial charge on any atom is -0.319 e. The Kier molecular flexibility index (Phi) is 5.12. The van der Waals surface area contributed by atoms with Crippen molar-refractivity contribution in [1.82, 2.24) is 0 Å². The van der Waals surface area contributed by atoms with E-state index >= 15 is 0 Å². The lowest BCUT2D eigenvalue weighted by atomic mass is 10.1. The van der Waals surface area contributed by atoms with E-state index in [0.29, 0.717) is 0 Å². The molecule has 0 radical (unpaired) electrons. The summed E-state index contributed by atoms with van der Waals surface area (Å²) >= 11 is 0. The zero-order valence-electron chi connectivity index (χ0n) is 8.04. The van der Waals surface area contributed by atoms with Gasteiger partial charge in [0, 0.05) is 0 Å². The predicted molar refractivity (Wildman–Crippen MR) is 60.0 cm³/mol. The molecular weight excluding hydrogens is 165 g/mol. The van der Waals surface area contributed by atoms with Gasteiger partial charge in [0.15, 0.2) is 0 Å². The van der Waals surface area contributed by atoms with E-state index in [1.54, 1.807) is 0 Å². The molecule has 0 aromatic heterocycles. The Labute approximate surface area is 77.6 Å². The smallest absolute Gasteiger partial charge is 0.0522 e. The summed E-state index contributed by atoms with van der Waals surface area (Å²) in [4.78, 5) is 0.